The zero-order chi connectivity index (χ0) is 24.3. The van der Waals surface area contributed by atoms with E-state index in [1.54, 1.807) is 41.5 Å². The molecule has 0 aliphatic carbocycles. The van der Waals surface area contributed by atoms with E-state index in [2.05, 4.69) is 10.1 Å². The Morgan fingerprint density at radius 3 is 2.42 bits per heavy atom. The molecule has 0 aliphatic rings. The van der Waals surface area contributed by atoms with Gasteiger partial charge < -0.3 is 9.47 Å². The molecule has 0 atom stereocenters. The average Bonchev–Trinajstić information content (AvgIpc) is 3.22. The number of aryl methyl sites for hydroxylation is 1. The molecule has 3 rings (SSSR count). The minimum absolute atomic E-state index is 0.178. The molecule has 0 saturated heterocycles. The molecule has 0 bridgehead atoms. The molecule has 0 saturated carbocycles. The predicted octanol–water partition coefficient (Wildman–Crippen LogP) is 4.73. The van der Waals surface area contributed by atoms with Gasteiger partial charge in [0, 0.05) is 11.9 Å². The molecule has 9 heteroatoms. The minimum atomic E-state index is -0.689. The van der Waals surface area contributed by atoms with E-state index in [1.165, 1.54) is 10.9 Å². The number of nitrogens with zero attached hydrogens (tertiary/aromatic N) is 2. The third-order valence-electron chi connectivity index (χ3n) is 4.63. The largest absolute Gasteiger partial charge is 0.462 e. The number of para-hydroxylation sites is 1. The highest BCUT2D eigenvalue weighted by Gasteiger charge is 2.28. The molecular formula is C24H27N3O5S. The molecule has 0 radical (unpaired) electrons. The Balaban J connectivity index is 2.05. The number of aliphatic imine (C=N–C) groups is 1. The SMILES string of the molecule is CCOC(=O)c1c(N=Cc2c(C)[nH]n(-c3ccccc3)c2=O)sc(C(=O)OC(C)(C)C)c1C. The highest BCUT2D eigenvalue weighted by molar-refractivity contribution is 7.18. The first-order chi connectivity index (χ1) is 15.5. The van der Waals surface area contributed by atoms with Crippen molar-refractivity contribution in [2.45, 2.75) is 47.1 Å². The van der Waals surface area contributed by atoms with E-state index in [4.69, 9.17) is 9.47 Å². The summed E-state index contributed by atoms with van der Waals surface area (Å²) < 4.78 is 12.1. The van der Waals surface area contributed by atoms with E-state index in [1.807, 2.05) is 30.3 Å². The Bertz CT molecular complexity index is 1260. The van der Waals surface area contributed by atoms with Crippen LogP contribution in [-0.4, -0.2) is 40.1 Å². The molecule has 3 aromatic rings. The van der Waals surface area contributed by atoms with Crippen LogP contribution in [0.1, 0.15) is 64.5 Å². The summed E-state index contributed by atoms with van der Waals surface area (Å²) in [7, 11) is 0. The van der Waals surface area contributed by atoms with Gasteiger partial charge in [0.1, 0.15) is 21.0 Å². The van der Waals surface area contributed by atoms with Crippen LogP contribution in [0.15, 0.2) is 40.1 Å². The van der Waals surface area contributed by atoms with Crippen LogP contribution >= 0.6 is 11.3 Å². The Kier molecular flexibility index (Phi) is 7.02. The van der Waals surface area contributed by atoms with Gasteiger partial charge in [-0.2, -0.15) is 0 Å². The molecule has 0 fully saturated rings. The normalized spacial score (nSPS) is 11.7. The van der Waals surface area contributed by atoms with E-state index in [9.17, 15) is 14.4 Å². The van der Waals surface area contributed by atoms with E-state index in [0.29, 0.717) is 22.5 Å². The van der Waals surface area contributed by atoms with E-state index >= 15 is 0 Å². The van der Waals surface area contributed by atoms with Gasteiger partial charge in [0.25, 0.3) is 5.56 Å². The zero-order valence-electron chi connectivity index (χ0n) is 19.5. The lowest BCUT2D eigenvalue weighted by Gasteiger charge is -2.19. The summed E-state index contributed by atoms with van der Waals surface area (Å²) in [6.07, 6.45) is 1.40. The molecule has 0 unspecified atom stereocenters. The van der Waals surface area contributed by atoms with Crippen LogP contribution in [0.4, 0.5) is 5.00 Å². The molecule has 2 heterocycles. The lowest BCUT2D eigenvalue weighted by Crippen LogP contribution is -2.23. The summed E-state index contributed by atoms with van der Waals surface area (Å²) in [5.74, 6) is -1.12. The van der Waals surface area contributed by atoms with Gasteiger partial charge in [-0.25, -0.2) is 19.3 Å². The van der Waals surface area contributed by atoms with Crippen LogP contribution in [0.25, 0.3) is 5.69 Å². The van der Waals surface area contributed by atoms with Crippen molar-refractivity contribution >= 4 is 34.5 Å². The Morgan fingerprint density at radius 2 is 1.82 bits per heavy atom. The fourth-order valence-electron chi connectivity index (χ4n) is 3.15. The molecule has 2 aromatic heterocycles. The Morgan fingerprint density at radius 1 is 1.15 bits per heavy atom. The van der Waals surface area contributed by atoms with E-state index < -0.39 is 17.5 Å². The second kappa shape index (κ2) is 9.58. The number of hydrogen-bond acceptors (Lipinski definition) is 7. The van der Waals surface area contributed by atoms with Crippen molar-refractivity contribution in [3.8, 4) is 5.69 Å². The number of H-pyrrole nitrogens is 1. The third-order valence-corrected chi connectivity index (χ3v) is 5.81. The van der Waals surface area contributed by atoms with E-state index in [-0.39, 0.29) is 27.6 Å². The van der Waals surface area contributed by atoms with Crippen LogP contribution in [0.3, 0.4) is 0 Å². The maximum Gasteiger partial charge on any atom is 0.349 e. The molecule has 33 heavy (non-hydrogen) atoms. The van der Waals surface area contributed by atoms with Gasteiger partial charge in [-0.15, -0.1) is 11.3 Å². The monoisotopic (exact) mass is 469 g/mol. The zero-order valence-corrected chi connectivity index (χ0v) is 20.3. The highest BCUT2D eigenvalue weighted by Crippen LogP contribution is 2.37. The first-order valence-corrected chi connectivity index (χ1v) is 11.3. The standard InChI is InChI=1S/C24H27N3O5S/c1-7-31-22(29)18-14(2)19(23(30)32-24(4,5)6)33-20(18)25-13-17-15(3)26-27(21(17)28)16-11-9-8-10-12-16/h8-13,26H,7H2,1-6H3. The van der Waals surface area contributed by atoms with Crippen molar-refractivity contribution in [3.05, 3.63) is 67.9 Å². The van der Waals surface area contributed by atoms with E-state index in [0.717, 1.165) is 11.3 Å². The quantitative estimate of drug-likeness (QED) is 0.415. The van der Waals surface area contributed by atoms with Gasteiger partial charge in [0.15, 0.2) is 0 Å². The molecular weight excluding hydrogens is 442 g/mol. The number of carbonyl (C=O) groups excluding carboxylic acids is 2. The maximum atomic E-state index is 12.9. The molecule has 1 aromatic carbocycles. The first-order valence-electron chi connectivity index (χ1n) is 10.5. The average molecular weight is 470 g/mol. The van der Waals surface area contributed by atoms with Gasteiger partial charge in [0.05, 0.1) is 17.9 Å². The Labute approximate surface area is 195 Å². The van der Waals surface area contributed by atoms with Crippen LogP contribution in [0.5, 0.6) is 0 Å². The maximum absolute atomic E-state index is 12.9. The number of hydrogen-bond donors (Lipinski definition) is 1. The molecule has 1 N–H and O–H groups in total. The van der Waals surface area contributed by atoms with Crippen molar-refractivity contribution < 1.29 is 19.1 Å². The van der Waals surface area contributed by atoms with Crippen molar-refractivity contribution in [3.63, 3.8) is 0 Å². The number of esters is 2. The van der Waals surface area contributed by atoms with Gasteiger partial charge in [-0.1, -0.05) is 18.2 Å². The lowest BCUT2D eigenvalue weighted by molar-refractivity contribution is 0.00745. The molecule has 8 nitrogen and oxygen atoms in total. The fraction of sp³-hybridized carbons (Fsp3) is 0.333. The second-order valence-electron chi connectivity index (χ2n) is 8.34. The predicted molar refractivity (Wildman–Crippen MR) is 129 cm³/mol. The topological polar surface area (TPSA) is 103 Å². The summed E-state index contributed by atoms with van der Waals surface area (Å²) in [6.45, 7) is 10.6. The number of nitrogens with one attached hydrogen (secondary N) is 1. The number of aromatic nitrogens is 2. The number of thiophene rings is 1. The van der Waals surface area contributed by atoms with Crippen LogP contribution in [0, 0.1) is 13.8 Å². The number of benzene rings is 1. The second-order valence-corrected chi connectivity index (χ2v) is 9.34. The summed E-state index contributed by atoms with van der Waals surface area (Å²) >= 11 is 1.03. The number of rotatable bonds is 6. The molecule has 174 valence electrons. The van der Waals surface area contributed by atoms with Crippen molar-refractivity contribution in [2.24, 2.45) is 4.99 Å². The van der Waals surface area contributed by atoms with Crippen LogP contribution in [-0.2, 0) is 9.47 Å². The smallest absolute Gasteiger partial charge is 0.349 e. The summed E-state index contributed by atoms with van der Waals surface area (Å²) in [6, 6.07) is 9.17. The van der Waals surface area contributed by atoms with Crippen molar-refractivity contribution in [1.82, 2.24) is 9.78 Å². The Hall–Kier alpha value is -3.46. The molecule has 0 aliphatic heterocycles. The molecule has 0 spiro atoms. The number of aromatic amines is 1. The summed E-state index contributed by atoms with van der Waals surface area (Å²) in [5.41, 5.74) is 1.32. The summed E-state index contributed by atoms with van der Waals surface area (Å²) in [4.78, 5) is 43.0. The highest BCUT2D eigenvalue weighted by atomic mass is 32.1. The van der Waals surface area contributed by atoms with Crippen LogP contribution in [0.2, 0.25) is 0 Å². The van der Waals surface area contributed by atoms with Crippen molar-refractivity contribution in [1.29, 1.82) is 0 Å². The number of carbonyl (C=O) groups is 2. The lowest BCUT2D eigenvalue weighted by atomic mass is 10.1. The number of ether oxygens (including phenoxy) is 2. The third kappa shape index (κ3) is 5.31. The minimum Gasteiger partial charge on any atom is -0.462 e. The van der Waals surface area contributed by atoms with Gasteiger partial charge in [-0.05, 0) is 59.2 Å². The van der Waals surface area contributed by atoms with Gasteiger partial charge in [0.2, 0.25) is 0 Å². The first kappa shape index (κ1) is 24.2. The van der Waals surface area contributed by atoms with Gasteiger partial charge in [-0.3, -0.25) is 9.89 Å². The van der Waals surface area contributed by atoms with Gasteiger partial charge >= 0.3 is 11.9 Å². The van der Waals surface area contributed by atoms with Crippen molar-refractivity contribution in [2.75, 3.05) is 6.61 Å². The van der Waals surface area contributed by atoms with Crippen LogP contribution < -0.4 is 5.56 Å². The summed E-state index contributed by atoms with van der Waals surface area (Å²) in [5, 5.41) is 3.31. The fourth-order valence-corrected chi connectivity index (χ4v) is 4.16. The molecule has 0 amide bonds.